The number of aromatic nitrogens is 4. The Labute approximate surface area is 92.6 Å². The fourth-order valence-corrected chi connectivity index (χ4v) is 1.71. The number of nitrogens with zero attached hydrogens (tertiary/aromatic N) is 4. The van der Waals surface area contributed by atoms with Gasteiger partial charge in [0.2, 0.25) is 5.88 Å². The molecule has 2 rings (SSSR count). The van der Waals surface area contributed by atoms with Crippen LogP contribution >= 0.6 is 0 Å². The van der Waals surface area contributed by atoms with Crippen LogP contribution in [-0.2, 0) is 7.05 Å². The van der Waals surface area contributed by atoms with Crippen LogP contribution in [0.4, 0.5) is 5.82 Å². The summed E-state index contributed by atoms with van der Waals surface area (Å²) in [5.74, 6) is 6.59. The molecule has 0 aliphatic rings. The molecule has 2 heterocycles. The summed E-state index contributed by atoms with van der Waals surface area (Å²) in [6, 6.07) is 0. The van der Waals surface area contributed by atoms with Crippen LogP contribution in [0.1, 0.15) is 5.69 Å². The fourth-order valence-electron chi connectivity index (χ4n) is 1.71. The minimum absolute atomic E-state index is 0.384. The van der Waals surface area contributed by atoms with E-state index in [-0.39, 0.29) is 0 Å². The summed E-state index contributed by atoms with van der Waals surface area (Å²) in [6.07, 6.45) is 1.45. The van der Waals surface area contributed by atoms with Gasteiger partial charge in [-0.15, -0.1) is 0 Å². The van der Waals surface area contributed by atoms with Crippen molar-refractivity contribution >= 4 is 5.82 Å². The summed E-state index contributed by atoms with van der Waals surface area (Å²) in [5, 5.41) is 4.25. The maximum atomic E-state index is 5.82. The fraction of sp³-hybridized carbons (Fsp3) is 0.333. The normalized spacial score (nSPS) is 10.7. The summed E-state index contributed by atoms with van der Waals surface area (Å²) < 4.78 is 8.17. The van der Waals surface area contributed by atoms with Crippen molar-refractivity contribution in [3.63, 3.8) is 0 Å². The van der Waals surface area contributed by atoms with Gasteiger partial charge in [0.1, 0.15) is 12.0 Å². The SMILES string of the molecule is COc1c(-c2ncn(N)c2N)c(C)nn1C. The zero-order chi connectivity index (χ0) is 11.9. The van der Waals surface area contributed by atoms with Crippen LogP contribution in [0.15, 0.2) is 6.33 Å². The number of nitrogens with two attached hydrogens (primary N) is 2. The molecule has 2 aromatic rings. The Morgan fingerprint density at radius 1 is 1.44 bits per heavy atom. The van der Waals surface area contributed by atoms with Gasteiger partial charge in [-0.2, -0.15) is 5.10 Å². The molecular weight excluding hydrogens is 208 g/mol. The number of ether oxygens (including phenoxy) is 1. The maximum absolute atomic E-state index is 5.82. The molecule has 0 saturated carbocycles. The van der Waals surface area contributed by atoms with E-state index in [0.717, 1.165) is 11.3 Å². The zero-order valence-electron chi connectivity index (χ0n) is 9.43. The minimum Gasteiger partial charge on any atom is -0.481 e. The number of hydrogen-bond acceptors (Lipinski definition) is 5. The van der Waals surface area contributed by atoms with E-state index in [9.17, 15) is 0 Å². The van der Waals surface area contributed by atoms with Gasteiger partial charge in [-0.1, -0.05) is 0 Å². The first-order chi connectivity index (χ1) is 7.56. The first kappa shape index (κ1) is 10.3. The van der Waals surface area contributed by atoms with Gasteiger partial charge >= 0.3 is 0 Å². The molecule has 0 aliphatic carbocycles. The van der Waals surface area contributed by atoms with Crippen molar-refractivity contribution in [2.45, 2.75) is 6.92 Å². The first-order valence-electron chi connectivity index (χ1n) is 4.72. The second kappa shape index (κ2) is 3.44. The van der Waals surface area contributed by atoms with Crippen molar-refractivity contribution in [1.82, 2.24) is 19.4 Å². The summed E-state index contributed by atoms with van der Waals surface area (Å²) >= 11 is 0. The predicted molar refractivity (Wildman–Crippen MR) is 60.3 cm³/mol. The molecule has 86 valence electrons. The zero-order valence-corrected chi connectivity index (χ0v) is 9.43. The van der Waals surface area contributed by atoms with Crippen LogP contribution in [0.25, 0.3) is 11.3 Å². The standard InChI is InChI=1S/C9H14N6O/c1-5-6(9(16-3)14(2)13-5)7-8(10)15(11)4-12-7/h4H,10-11H2,1-3H3. The van der Waals surface area contributed by atoms with Crippen LogP contribution in [0.5, 0.6) is 5.88 Å². The molecule has 0 fully saturated rings. The van der Waals surface area contributed by atoms with Crippen LogP contribution < -0.4 is 16.3 Å². The van der Waals surface area contributed by atoms with Crippen LogP contribution in [0, 0.1) is 6.92 Å². The summed E-state index contributed by atoms with van der Waals surface area (Å²) in [7, 11) is 3.38. The Hall–Kier alpha value is -2.18. The number of imidazole rings is 1. The monoisotopic (exact) mass is 222 g/mol. The number of rotatable bonds is 2. The van der Waals surface area contributed by atoms with Crippen molar-refractivity contribution in [2.24, 2.45) is 7.05 Å². The molecule has 7 heteroatoms. The highest BCUT2D eigenvalue weighted by Crippen LogP contribution is 2.34. The summed E-state index contributed by atoms with van der Waals surface area (Å²) in [5.41, 5.74) is 7.97. The molecule has 16 heavy (non-hydrogen) atoms. The van der Waals surface area contributed by atoms with Gasteiger partial charge in [-0.3, -0.25) is 0 Å². The first-order valence-corrected chi connectivity index (χ1v) is 4.72. The Bertz CT molecular complexity index is 526. The lowest BCUT2D eigenvalue weighted by molar-refractivity contribution is 0.374. The highest BCUT2D eigenvalue weighted by atomic mass is 16.5. The molecule has 2 aromatic heterocycles. The third-order valence-corrected chi connectivity index (χ3v) is 2.43. The molecule has 0 bridgehead atoms. The highest BCUT2D eigenvalue weighted by molar-refractivity contribution is 5.76. The third kappa shape index (κ3) is 1.28. The van der Waals surface area contributed by atoms with Crippen molar-refractivity contribution in [2.75, 3.05) is 18.7 Å². The van der Waals surface area contributed by atoms with Gasteiger partial charge in [0.25, 0.3) is 0 Å². The Morgan fingerprint density at radius 3 is 2.62 bits per heavy atom. The van der Waals surface area contributed by atoms with E-state index in [1.807, 2.05) is 6.92 Å². The Kier molecular flexibility index (Phi) is 2.22. The smallest absolute Gasteiger partial charge is 0.221 e. The van der Waals surface area contributed by atoms with Gasteiger partial charge < -0.3 is 16.3 Å². The lowest BCUT2D eigenvalue weighted by atomic mass is 10.2. The van der Waals surface area contributed by atoms with Crippen LogP contribution in [0.2, 0.25) is 0 Å². The molecule has 0 aromatic carbocycles. The number of hydrogen-bond donors (Lipinski definition) is 2. The second-order valence-electron chi connectivity index (χ2n) is 3.48. The van der Waals surface area contributed by atoms with E-state index in [0.29, 0.717) is 17.4 Å². The van der Waals surface area contributed by atoms with E-state index >= 15 is 0 Å². The summed E-state index contributed by atoms with van der Waals surface area (Å²) in [6.45, 7) is 1.87. The lowest BCUT2D eigenvalue weighted by Gasteiger charge is -2.03. The maximum Gasteiger partial charge on any atom is 0.221 e. The molecule has 0 amide bonds. The van der Waals surface area contributed by atoms with Crippen LogP contribution in [0.3, 0.4) is 0 Å². The molecule has 0 unspecified atom stereocenters. The number of anilines is 1. The molecule has 0 aliphatic heterocycles. The Balaban J connectivity index is 2.68. The topological polar surface area (TPSA) is 96.9 Å². The van der Waals surface area contributed by atoms with Gasteiger partial charge in [0.15, 0.2) is 5.82 Å². The number of nitrogen functional groups attached to an aromatic ring is 2. The lowest BCUT2D eigenvalue weighted by Crippen LogP contribution is -2.10. The molecule has 0 saturated heterocycles. The quantitative estimate of drug-likeness (QED) is 0.691. The molecule has 0 radical (unpaired) electrons. The van der Waals surface area contributed by atoms with Gasteiger partial charge in [0, 0.05) is 7.05 Å². The average molecular weight is 222 g/mol. The summed E-state index contributed by atoms with van der Waals surface area (Å²) in [4.78, 5) is 4.15. The molecule has 0 atom stereocenters. The van der Waals surface area contributed by atoms with Crippen molar-refractivity contribution in [1.29, 1.82) is 0 Å². The van der Waals surface area contributed by atoms with Crippen molar-refractivity contribution < 1.29 is 4.74 Å². The minimum atomic E-state index is 0.384. The average Bonchev–Trinajstić information content (AvgIpc) is 2.69. The van der Waals surface area contributed by atoms with Gasteiger partial charge in [-0.05, 0) is 6.92 Å². The van der Waals surface area contributed by atoms with E-state index in [1.165, 1.54) is 11.0 Å². The third-order valence-electron chi connectivity index (χ3n) is 2.43. The van der Waals surface area contributed by atoms with Gasteiger partial charge in [-0.25, -0.2) is 14.3 Å². The van der Waals surface area contributed by atoms with E-state index in [2.05, 4.69) is 10.1 Å². The molecule has 4 N–H and O–H groups in total. The second-order valence-corrected chi connectivity index (χ2v) is 3.48. The van der Waals surface area contributed by atoms with Gasteiger partial charge in [0.05, 0.1) is 18.4 Å². The molecular formula is C9H14N6O. The van der Waals surface area contributed by atoms with E-state index in [1.54, 1.807) is 18.8 Å². The van der Waals surface area contributed by atoms with E-state index < -0.39 is 0 Å². The highest BCUT2D eigenvalue weighted by Gasteiger charge is 2.20. The molecule has 0 spiro atoms. The Morgan fingerprint density at radius 2 is 2.12 bits per heavy atom. The largest absolute Gasteiger partial charge is 0.481 e. The van der Waals surface area contributed by atoms with E-state index in [4.69, 9.17) is 16.3 Å². The van der Waals surface area contributed by atoms with Crippen LogP contribution in [-0.4, -0.2) is 26.6 Å². The predicted octanol–water partition coefficient (Wildman–Crippen LogP) is -0.103. The van der Waals surface area contributed by atoms with Crippen molar-refractivity contribution in [3.05, 3.63) is 12.0 Å². The number of aryl methyl sites for hydroxylation is 2. The number of methoxy groups -OCH3 is 1. The molecule has 7 nitrogen and oxygen atoms in total. The van der Waals surface area contributed by atoms with Crippen molar-refractivity contribution in [3.8, 4) is 17.1 Å².